The third-order valence-electron chi connectivity index (χ3n) is 3.89. The highest BCUT2D eigenvalue weighted by Crippen LogP contribution is 2.31. The summed E-state index contributed by atoms with van der Waals surface area (Å²) in [7, 11) is 0. The maximum absolute atomic E-state index is 12.5. The van der Waals surface area contributed by atoms with Crippen molar-refractivity contribution in [1.82, 2.24) is 10.3 Å². The first kappa shape index (κ1) is 16.2. The monoisotopic (exact) mass is 333 g/mol. The van der Waals surface area contributed by atoms with Gasteiger partial charge in [0, 0.05) is 37.1 Å². The zero-order valence-electron chi connectivity index (χ0n) is 12.9. The zero-order valence-corrected chi connectivity index (χ0v) is 12.9. The summed E-state index contributed by atoms with van der Waals surface area (Å²) in [6, 6.07) is 9.93. The molecule has 1 amide bonds. The Morgan fingerprint density at radius 2 is 2.00 bits per heavy atom. The largest absolute Gasteiger partial charge is 0.433 e. The Morgan fingerprint density at radius 3 is 2.75 bits per heavy atom. The number of benzene rings is 1. The lowest BCUT2D eigenvalue weighted by atomic mass is 10.2. The standard InChI is InChI=1S/C17H17F2N3O2/c18-17(19)24-15-4-2-1-3-14(15)22-10-7-13(11-22)21-16(23)12-5-8-20-9-6-12/h1-6,8-9,13,17H,7,10-11H2,(H,21,23). The molecule has 5 nitrogen and oxygen atoms in total. The molecule has 0 bridgehead atoms. The molecule has 0 spiro atoms. The predicted molar refractivity (Wildman–Crippen MR) is 85.4 cm³/mol. The van der Waals surface area contributed by atoms with E-state index in [9.17, 15) is 13.6 Å². The van der Waals surface area contributed by atoms with Crippen LogP contribution in [0.3, 0.4) is 0 Å². The molecule has 2 aromatic rings. The number of ether oxygens (including phenoxy) is 1. The fourth-order valence-corrected chi connectivity index (χ4v) is 2.78. The topological polar surface area (TPSA) is 54.5 Å². The van der Waals surface area contributed by atoms with E-state index in [2.05, 4.69) is 15.0 Å². The summed E-state index contributed by atoms with van der Waals surface area (Å²) in [5.74, 6) is -0.0185. The Bertz CT molecular complexity index is 697. The molecule has 1 atom stereocenters. The quantitative estimate of drug-likeness (QED) is 0.914. The fourth-order valence-electron chi connectivity index (χ4n) is 2.78. The molecular weight excluding hydrogens is 316 g/mol. The molecule has 2 heterocycles. The maximum Gasteiger partial charge on any atom is 0.387 e. The van der Waals surface area contributed by atoms with Crippen molar-refractivity contribution in [2.24, 2.45) is 0 Å². The van der Waals surface area contributed by atoms with Crippen molar-refractivity contribution in [2.75, 3.05) is 18.0 Å². The van der Waals surface area contributed by atoms with Gasteiger partial charge >= 0.3 is 6.61 Å². The Morgan fingerprint density at radius 1 is 1.25 bits per heavy atom. The van der Waals surface area contributed by atoms with E-state index in [1.807, 2.05) is 4.90 Å². The van der Waals surface area contributed by atoms with Gasteiger partial charge in [-0.1, -0.05) is 12.1 Å². The molecule has 0 saturated carbocycles. The lowest BCUT2D eigenvalue weighted by molar-refractivity contribution is -0.0495. The average Bonchev–Trinajstić information content (AvgIpc) is 3.04. The van der Waals surface area contributed by atoms with E-state index in [0.29, 0.717) is 24.3 Å². The molecule has 0 aliphatic carbocycles. The lowest BCUT2D eigenvalue weighted by Gasteiger charge is -2.22. The summed E-state index contributed by atoms with van der Waals surface area (Å²) in [4.78, 5) is 18.0. The number of nitrogens with one attached hydrogen (secondary N) is 1. The van der Waals surface area contributed by atoms with Gasteiger partial charge < -0.3 is 15.0 Å². The second-order valence-corrected chi connectivity index (χ2v) is 5.49. The van der Waals surface area contributed by atoms with Crippen molar-refractivity contribution in [1.29, 1.82) is 0 Å². The van der Waals surface area contributed by atoms with Crippen LogP contribution in [0.25, 0.3) is 0 Å². The van der Waals surface area contributed by atoms with Gasteiger partial charge in [-0.05, 0) is 30.7 Å². The molecule has 0 radical (unpaired) electrons. The second kappa shape index (κ2) is 7.25. The number of anilines is 1. The SMILES string of the molecule is O=C(NC1CCN(c2ccccc2OC(F)F)C1)c1ccncc1. The van der Waals surface area contributed by atoms with Gasteiger partial charge in [0.15, 0.2) is 0 Å². The molecule has 1 aromatic carbocycles. The number of amides is 1. The van der Waals surface area contributed by atoms with Crippen LogP contribution in [0.4, 0.5) is 14.5 Å². The van der Waals surface area contributed by atoms with E-state index in [4.69, 9.17) is 0 Å². The predicted octanol–water partition coefficient (Wildman–Crippen LogP) is 2.69. The van der Waals surface area contributed by atoms with Gasteiger partial charge in [0.05, 0.1) is 5.69 Å². The number of halogens is 2. The number of alkyl halides is 2. The third-order valence-corrected chi connectivity index (χ3v) is 3.89. The smallest absolute Gasteiger partial charge is 0.387 e. The van der Waals surface area contributed by atoms with Gasteiger partial charge in [-0.15, -0.1) is 0 Å². The number of para-hydroxylation sites is 2. The summed E-state index contributed by atoms with van der Waals surface area (Å²) in [6.07, 6.45) is 3.86. The lowest BCUT2D eigenvalue weighted by Crippen LogP contribution is -2.37. The zero-order chi connectivity index (χ0) is 16.9. The molecule has 1 aliphatic heterocycles. The van der Waals surface area contributed by atoms with E-state index in [0.717, 1.165) is 6.42 Å². The molecule has 7 heteroatoms. The summed E-state index contributed by atoms with van der Waals surface area (Å²) in [6.45, 7) is -1.67. The third kappa shape index (κ3) is 3.79. The van der Waals surface area contributed by atoms with Gasteiger partial charge in [-0.2, -0.15) is 8.78 Å². The van der Waals surface area contributed by atoms with Gasteiger partial charge in [0.1, 0.15) is 5.75 Å². The molecule has 1 aliphatic rings. The Kier molecular flexibility index (Phi) is 4.88. The van der Waals surface area contributed by atoms with Crippen molar-refractivity contribution >= 4 is 11.6 Å². The van der Waals surface area contributed by atoms with Crippen LogP contribution in [0.5, 0.6) is 5.75 Å². The van der Waals surface area contributed by atoms with Crippen LogP contribution in [0.1, 0.15) is 16.8 Å². The summed E-state index contributed by atoms with van der Waals surface area (Å²) in [5, 5.41) is 2.96. The highest BCUT2D eigenvalue weighted by molar-refractivity contribution is 5.94. The summed E-state index contributed by atoms with van der Waals surface area (Å²) in [5.41, 5.74) is 1.16. The Balaban J connectivity index is 1.65. The fraction of sp³-hybridized carbons (Fsp3) is 0.294. The average molecular weight is 333 g/mol. The van der Waals surface area contributed by atoms with Gasteiger partial charge in [0.25, 0.3) is 5.91 Å². The number of nitrogens with zero attached hydrogens (tertiary/aromatic N) is 2. The summed E-state index contributed by atoms with van der Waals surface area (Å²) < 4.78 is 29.6. The first-order valence-electron chi connectivity index (χ1n) is 7.63. The van der Waals surface area contributed by atoms with E-state index >= 15 is 0 Å². The molecule has 3 rings (SSSR count). The van der Waals surface area contributed by atoms with Gasteiger partial charge in [-0.25, -0.2) is 0 Å². The van der Waals surface area contributed by atoms with E-state index in [1.54, 1.807) is 42.7 Å². The number of carbonyl (C=O) groups excluding carboxylic acids is 1. The molecule has 1 saturated heterocycles. The number of carbonyl (C=O) groups is 1. The molecule has 1 unspecified atom stereocenters. The number of aromatic nitrogens is 1. The molecule has 126 valence electrons. The second-order valence-electron chi connectivity index (χ2n) is 5.49. The minimum Gasteiger partial charge on any atom is -0.433 e. The van der Waals surface area contributed by atoms with Gasteiger partial charge in [0.2, 0.25) is 0 Å². The normalized spacial score (nSPS) is 17.1. The van der Waals surface area contributed by atoms with Crippen LogP contribution in [-0.4, -0.2) is 36.6 Å². The van der Waals surface area contributed by atoms with Crippen LogP contribution >= 0.6 is 0 Å². The summed E-state index contributed by atoms with van der Waals surface area (Å²) >= 11 is 0. The van der Waals surface area contributed by atoms with Crippen LogP contribution < -0.4 is 15.0 Å². The van der Waals surface area contributed by atoms with Gasteiger partial charge in [-0.3, -0.25) is 9.78 Å². The van der Waals surface area contributed by atoms with Crippen LogP contribution in [0.2, 0.25) is 0 Å². The van der Waals surface area contributed by atoms with E-state index in [-0.39, 0.29) is 17.7 Å². The highest BCUT2D eigenvalue weighted by atomic mass is 19.3. The molecule has 24 heavy (non-hydrogen) atoms. The first-order valence-corrected chi connectivity index (χ1v) is 7.63. The molecule has 1 fully saturated rings. The molecule has 1 N–H and O–H groups in total. The first-order chi connectivity index (χ1) is 11.6. The Hall–Kier alpha value is -2.70. The number of rotatable bonds is 5. The number of hydrogen-bond acceptors (Lipinski definition) is 4. The number of hydrogen-bond donors (Lipinski definition) is 1. The molecule has 1 aromatic heterocycles. The van der Waals surface area contributed by atoms with Crippen LogP contribution in [0, 0.1) is 0 Å². The maximum atomic E-state index is 12.5. The van der Waals surface area contributed by atoms with Crippen LogP contribution in [-0.2, 0) is 0 Å². The highest BCUT2D eigenvalue weighted by Gasteiger charge is 2.26. The van der Waals surface area contributed by atoms with Crippen molar-refractivity contribution in [3.05, 3.63) is 54.4 Å². The van der Waals surface area contributed by atoms with E-state index in [1.165, 1.54) is 6.07 Å². The van der Waals surface area contributed by atoms with Crippen molar-refractivity contribution in [3.8, 4) is 5.75 Å². The van der Waals surface area contributed by atoms with Crippen molar-refractivity contribution in [3.63, 3.8) is 0 Å². The molecular formula is C17H17F2N3O2. The number of pyridine rings is 1. The van der Waals surface area contributed by atoms with Crippen LogP contribution in [0.15, 0.2) is 48.8 Å². The Labute approximate surface area is 138 Å². The van der Waals surface area contributed by atoms with Crippen molar-refractivity contribution < 1.29 is 18.3 Å². The minimum absolute atomic E-state index is 0.0507. The van der Waals surface area contributed by atoms with E-state index < -0.39 is 6.61 Å². The van der Waals surface area contributed by atoms with Crippen molar-refractivity contribution in [2.45, 2.75) is 19.1 Å². The minimum atomic E-state index is -2.86.